The lowest BCUT2D eigenvalue weighted by molar-refractivity contribution is -0.0891. The van der Waals surface area contributed by atoms with E-state index in [1.54, 1.807) is 17.5 Å². The van der Waals surface area contributed by atoms with E-state index in [0.29, 0.717) is 24.7 Å². The predicted octanol–water partition coefficient (Wildman–Crippen LogP) is 3.34. The van der Waals surface area contributed by atoms with E-state index >= 15 is 0 Å². The molecule has 4 nitrogen and oxygen atoms in total. The number of ether oxygens (including phenoxy) is 2. The van der Waals surface area contributed by atoms with Gasteiger partial charge in [0, 0.05) is 37.4 Å². The molecule has 2 aliphatic rings. The van der Waals surface area contributed by atoms with Crippen LogP contribution in [0.15, 0.2) is 41.4 Å². The van der Waals surface area contributed by atoms with Crippen molar-refractivity contribution >= 4 is 11.3 Å². The second-order valence-corrected chi connectivity index (χ2v) is 7.50. The van der Waals surface area contributed by atoms with Gasteiger partial charge in [0.05, 0.1) is 25.9 Å². The molecule has 0 aromatic carbocycles. The number of pyridine rings is 1. The van der Waals surface area contributed by atoms with Crippen molar-refractivity contribution in [2.45, 2.75) is 38.1 Å². The van der Waals surface area contributed by atoms with E-state index in [2.05, 4.69) is 32.8 Å². The first-order chi connectivity index (χ1) is 11.9. The lowest BCUT2D eigenvalue weighted by Crippen LogP contribution is -2.50. The quantitative estimate of drug-likeness (QED) is 0.805. The van der Waals surface area contributed by atoms with Gasteiger partial charge in [-0.05, 0) is 46.9 Å². The molecular weight excluding hydrogens is 320 g/mol. The Morgan fingerprint density at radius 3 is 3.12 bits per heavy atom. The highest BCUT2D eigenvalue weighted by atomic mass is 32.1. The van der Waals surface area contributed by atoms with Crippen molar-refractivity contribution in [2.75, 3.05) is 19.8 Å². The maximum atomic E-state index is 6.14. The minimum atomic E-state index is 0.325. The first-order valence-electron chi connectivity index (χ1n) is 8.73. The fourth-order valence-electron chi connectivity index (χ4n) is 3.94. The summed E-state index contributed by atoms with van der Waals surface area (Å²) in [4.78, 5) is 6.74. The topological polar surface area (TPSA) is 34.6 Å². The van der Waals surface area contributed by atoms with E-state index in [4.69, 9.17) is 9.47 Å². The van der Waals surface area contributed by atoms with Gasteiger partial charge in [-0.3, -0.25) is 9.88 Å². The molecule has 0 radical (unpaired) electrons. The van der Waals surface area contributed by atoms with E-state index in [0.717, 1.165) is 31.9 Å². The monoisotopic (exact) mass is 344 g/mol. The Labute approximate surface area is 147 Å². The van der Waals surface area contributed by atoms with Crippen LogP contribution >= 0.6 is 11.3 Å². The molecule has 3 atom stereocenters. The molecule has 2 aromatic rings. The number of rotatable bonds is 6. The standard InChI is InChI=1S/C19H24N2O2S/c1-2-15(10-20-6-1)12-22-13-17-3-4-18-19(17)23-8-7-21(18)11-16-5-9-24-14-16/h1-2,5-6,9-10,14,17-19H,3-4,7-8,11-13H2/t17-,18-,19-/m0/s1. The molecule has 1 aliphatic carbocycles. The molecule has 2 fully saturated rings. The van der Waals surface area contributed by atoms with E-state index < -0.39 is 0 Å². The number of thiophene rings is 1. The van der Waals surface area contributed by atoms with E-state index in [9.17, 15) is 0 Å². The van der Waals surface area contributed by atoms with Crippen LogP contribution in [0.1, 0.15) is 24.0 Å². The first-order valence-corrected chi connectivity index (χ1v) is 9.68. The first kappa shape index (κ1) is 16.2. The summed E-state index contributed by atoms with van der Waals surface area (Å²) in [5.41, 5.74) is 2.56. The molecule has 1 saturated carbocycles. The summed E-state index contributed by atoms with van der Waals surface area (Å²) in [5, 5.41) is 4.42. The van der Waals surface area contributed by atoms with Crippen LogP contribution in [-0.2, 0) is 22.6 Å². The number of nitrogens with zero attached hydrogens (tertiary/aromatic N) is 2. The number of fused-ring (bicyclic) bond motifs is 1. The van der Waals surface area contributed by atoms with Gasteiger partial charge in [0.2, 0.25) is 0 Å². The van der Waals surface area contributed by atoms with E-state index in [-0.39, 0.29) is 0 Å². The minimum absolute atomic E-state index is 0.325. The van der Waals surface area contributed by atoms with Gasteiger partial charge in [-0.25, -0.2) is 0 Å². The third-order valence-corrected chi connectivity index (χ3v) is 5.86. The van der Waals surface area contributed by atoms with Crippen molar-refractivity contribution in [2.24, 2.45) is 5.92 Å². The van der Waals surface area contributed by atoms with Gasteiger partial charge in [0.25, 0.3) is 0 Å². The SMILES string of the molecule is c1cncc(COC[C@@H]2CC[C@H]3[C@H]2OCCN3Cc2ccsc2)c1. The number of aromatic nitrogens is 1. The fraction of sp³-hybridized carbons (Fsp3) is 0.526. The highest BCUT2D eigenvalue weighted by Gasteiger charge is 2.42. The van der Waals surface area contributed by atoms with Crippen molar-refractivity contribution in [3.8, 4) is 0 Å². The Bertz CT molecular complexity index is 620. The van der Waals surface area contributed by atoms with Crippen LogP contribution in [0.2, 0.25) is 0 Å². The molecule has 2 aromatic heterocycles. The second-order valence-electron chi connectivity index (χ2n) is 6.72. The summed E-state index contributed by atoms with van der Waals surface area (Å²) < 4.78 is 12.1. The highest BCUT2D eigenvalue weighted by Crippen LogP contribution is 2.35. The molecule has 0 N–H and O–H groups in total. The van der Waals surface area contributed by atoms with Crippen LogP contribution in [-0.4, -0.2) is 41.8 Å². The van der Waals surface area contributed by atoms with Crippen LogP contribution in [0.5, 0.6) is 0 Å². The van der Waals surface area contributed by atoms with Crippen molar-refractivity contribution in [3.63, 3.8) is 0 Å². The Morgan fingerprint density at radius 1 is 1.29 bits per heavy atom. The minimum Gasteiger partial charge on any atom is -0.376 e. The molecule has 128 valence electrons. The largest absolute Gasteiger partial charge is 0.376 e. The van der Waals surface area contributed by atoms with Gasteiger partial charge in [-0.15, -0.1) is 0 Å². The van der Waals surface area contributed by atoms with Gasteiger partial charge in [-0.2, -0.15) is 11.3 Å². The summed E-state index contributed by atoms with van der Waals surface area (Å²) in [6.07, 6.45) is 6.41. The van der Waals surface area contributed by atoms with Gasteiger partial charge >= 0.3 is 0 Å². The van der Waals surface area contributed by atoms with Gasteiger partial charge < -0.3 is 9.47 Å². The number of hydrogen-bond acceptors (Lipinski definition) is 5. The summed E-state index contributed by atoms with van der Waals surface area (Å²) >= 11 is 1.78. The van der Waals surface area contributed by atoms with Gasteiger partial charge in [0.1, 0.15) is 0 Å². The molecule has 1 aliphatic heterocycles. The average molecular weight is 344 g/mol. The molecule has 3 heterocycles. The normalized spacial score (nSPS) is 27.2. The molecule has 0 amide bonds. The molecule has 5 heteroatoms. The lowest BCUT2D eigenvalue weighted by atomic mass is 10.0. The van der Waals surface area contributed by atoms with Gasteiger partial charge in [-0.1, -0.05) is 6.07 Å². The zero-order valence-electron chi connectivity index (χ0n) is 13.8. The van der Waals surface area contributed by atoms with Crippen LogP contribution in [0.25, 0.3) is 0 Å². The molecule has 0 bridgehead atoms. The summed E-state index contributed by atoms with van der Waals surface area (Å²) in [5.74, 6) is 0.511. The van der Waals surface area contributed by atoms with Crippen LogP contribution in [0, 0.1) is 5.92 Å². The van der Waals surface area contributed by atoms with E-state index in [1.807, 2.05) is 12.3 Å². The Balaban J connectivity index is 1.31. The molecule has 24 heavy (non-hydrogen) atoms. The van der Waals surface area contributed by atoms with Crippen LogP contribution in [0.4, 0.5) is 0 Å². The van der Waals surface area contributed by atoms with Crippen LogP contribution in [0.3, 0.4) is 0 Å². The number of morpholine rings is 1. The Morgan fingerprint density at radius 2 is 2.29 bits per heavy atom. The molecular formula is C19H24N2O2S. The third-order valence-electron chi connectivity index (χ3n) is 5.12. The Kier molecular flexibility index (Phi) is 5.23. The zero-order valence-corrected chi connectivity index (χ0v) is 14.7. The maximum Gasteiger partial charge on any atom is 0.0781 e. The molecule has 0 spiro atoms. The fourth-order valence-corrected chi connectivity index (χ4v) is 4.60. The average Bonchev–Trinajstić information content (AvgIpc) is 3.27. The van der Waals surface area contributed by atoms with Crippen molar-refractivity contribution in [1.29, 1.82) is 0 Å². The molecule has 4 rings (SSSR count). The summed E-state index contributed by atoms with van der Waals surface area (Å²) in [6, 6.07) is 6.80. The summed E-state index contributed by atoms with van der Waals surface area (Å²) in [7, 11) is 0. The predicted molar refractivity (Wildman–Crippen MR) is 94.9 cm³/mol. The lowest BCUT2D eigenvalue weighted by Gasteiger charge is -2.39. The highest BCUT2D eigenvalue weighted by molar-refractivity contribution is 7.07. The maximum absolute atomic E-state index is 6.14. The van der Waals surface area contributed by atoms with Crippen molar-refractivity contribution < 1.29 is 9.47 Å². The number of hydrogen-bond donors (Lipinski definition) is 0. The summed E-state index contributed by atoms with van der Waals surface area (Å²) in [6.45, 7) is 4.35. The molecule has 0 unspecified atom stereocenters. The second kappa shape index (κ2) is 7.74. The third kappa shape index (κ3) is 3.70. The van der Waals surface area contributed by atoms with Crippen molar-refractivity contribution in [3.05, 3.63) is 52.5 Å². The van der Waals surface area contributed by atoms with Crippen molar-refractivity contribution in [1.82, 2.24) is 9.88 Å². The van der Waals surface area contributed by atoms with E-state index in [1.165, 1.54) is 18.4 Å². The zero-order chi connectivity index (χ0) is 16.2. The Hall–Kier alpha value is -1.27. The van der Waals surface area contributed by atoms with Gasteiger partial charge in [0.15, 0.2) is 0 Å². The molecule has 1 saturated heterocycles. The smallest absolute Gasteiger partial charge is 0.0781 e. The van der Waals surface area contributed by atoms with Crippen LogP contribution < -0.4 is 0 Å².